The molecule has 1 aromatic rings. The van der Waals surface area contributed by atoms with Gasteiger partial charge in [0.15, 0.2) is 12.4 Å². The van der Waals surface area contributed by atoms with Crippen LogP contribution < -0.4 is 10.5 Å². The van der Waals surface area contributed by atoms with Gasteiger partial charge in [-0.05, 0) is 19.4 Å². The molecule has 0 saturated carbocycles. The summed E-state index contributed by atoms with van der Waals surface area (Å²) in [4.78, 5) is 0. The molecule has 0 radical (unpaired) electrons. The van der Waals surface area contributed by atoms with E-state index in [1.165, 1.54) is 6.20 Å². The summed E-state index contributed by atoms with van der Waals surface area (Å²) >= 11 is 0. The summed E-state index contributed by atoms with van der Waals surface area (Å²) in [7, 11) is 0. The number of aromatic nitrogens is 1. The maximum atomic E-state index is 10.7. The lowest BCUT2D eigenvalue weighted by molar-refractivity contribution is -0.605. The molecule has 60 valence electrons. The van der Waals surface area contributed by atoms with Gasteiger partial charge in [0, 0.05) is 17.7 Å². The molecular weight excluding hydrogens is 140 g/mol. The van der Waals surface area contributed by atoms with Gasteiger partial charge in [0.25, 0.3) is 0 Å². The third kappa shape index (κ3) is 2.55. The molecule has 0 bridgehead atoms. The van der Waals surface area contributed by atoms with Crippen molar-refractivity contribution in [1.82, 2.24) is 0 Å². The predicted octanol–water partition coefficient (Wildman–Crippen LogP) is 0.210. The summed E-state index contributed by atoms with van der Waals surface area (Å²) in [6, 6.07) is 3.74. The van der Waals surface area contributed by atoms with Crippen molar-refractivity contribution in [2.75, 3.05) is 0 Å². The molecule has 0 aromatic carbocycles. The Kier molecular flexibility index (Phi) is 2.44. The van der Waals surface area contributed by atoms with E-state index in [0.717, 1.165) is 16.7 Å². The van der Waals surface area contributed by atoms with E-state index < -0.39 is 0 Å². The van der Waals surface area contributed by atoms with Gasteiger partial charge >= 0.3 is 0 Å². The monoisotopic (exact) mass is 152 g/mol. The second kappa shape index (κ2) is 3.34. The quantitative estimate of drug-likeness (QED) is 0.486. The first-order valence-corrected chi connectivity index (χ1v) is 3.62. The molecule has 0 saturated heterocycles. The van der Waals surface area contributed by atoms with E-state index in [-0.39, 0.29) is 6.04 Å². The number of hydrogen-bond donors (Lipinski definition) is 1. The predicted molar refractivity (Wildman–Crippen MR) is 42.8 cm³/mol. The van der Waals surface area contributed by atoms with E-state index >= 15 is 0 Å². The van der Waals surface area contributed by atoms with Crippen molar-refractivity contribution in [2.24, 2.45) is 5.73 Å². The van der Waals surface area contributed by atoms with E-state index in [4.69, 9.17) is 5.73 Å². The first-order valence-electron chi connectivity index (χ1n) is 3.62. The van der Waals surface area contributed by atoms with Crippen molar-refractivity contribution in [3.63, 3.8) is 0 Å². The zero-order valence-electron chi connectivity index (χ0n) is 6.53. The van der Waals surface area contributed by atoms with Crippen LogP contribution in [0.5, 0.6) is 0 Å². The van der Waals surface area contributed by atoms with Crippen molar-refractivity contribution in [1.29, 1.82) is 0 Å². The van der Waals surface area contributed by atoms with Crippen LogP contribution in [0.3, 0.4) is 0 Å². The van der Waals surface area contributed by atoms with Crippen LogP contribution in [-0.4, -0.2) is 6.04 Å². The smallest absolute Gasteiger partial charge is 0.183 e. The van der Waals surface area contributed by atoms with Crippen molar-refractivity contribution < 1.29 is 4.73 Å². The Hall–Kier alpha value is -1.09. The molecule has 1 heterocycles. The summed E-state index contributed by atoms with van der Waals surface area (Å²) in [5, 5.41) is 10.7. The molecule has 2 N–H and O–H groups in total. The summed E-state index contributed by atoms with van der Waals surface area (Å²) in [5.74, 6) is 0. The Labute approximate surface area is 66.0 Å². The molecule has 1 atom stereocenters. The molecule has 0 aliphatic rings. The number of nitrogens with zero attached hydrogens (tertiary/aromatic N) is 1. The highest BCUT2D eigenvalue weighted by molar-refractivity contribution is 5.06. The highest BCUT2D eigenvalue weighted by atomic mass is 16.5. The molecule has 3 nitrogen and oxygen atoms in total. The van der Waals surface area contributed by atoms with Crippen LogP contribution in [-0.2, 0) is 6.42 Å². The fourth-order valence-corrected chi connectivity index (χ4v) is 0.993. The minimum absolute atomic E-state index is 0.109. The molecule has 0 amide bonds. The van der Waals surface area contributed by atoms with E-state index in [1.807, 2.05) is 13.0 Å². The van der Waals surface area contributed by atoms with Crippen LogP contribution in [0.2, 0.25) is 0 Å². The standard InChI is InChI=1S/C8H12N2O/c1-7(9)5-8-3-2-4-10(11)6-8/h2-4,6-7H,5,9H2,1H3. The topological polar surface area (TPSA) is 53.0 Å². The van der Waals surface area contributed by atoms with E-state index in [2.05, 4.69) is 0 Å². The van der Waals surface area contributed by atoms with Crippen molar-refractivity contribution in [3.05, 3.63) is 35.3 Å². The maximum Gasteiger partial charge on any atom is 0.183 e. The molecule has 3 heteroatoms. The van der Waals surface area contributed by atoms with Gasteiger partial charge in [0.1, 0.15) is 0 Å². The van der Waals surface area contributed by atoms with Crippen molar-refractivity contribution in [3.8, 4) is 0 Å². The molecule has 1 unspecified atom stereocenters. The van der Waals surface area contributed by atoms with Gasteiger partial charge < -0.3 is 10.9 Å². The summed E-state index contributed by atoms with van der Waals surface area (Å²) in [6.45, 7) is 1.92. The van der Waals surface area contributed by atoms with E-state index in [0.29, 0.717) is 0 Å². The highest BCUT2D eigenvalue weighted by Gasteiger charge is 1.99. The lowest BCUT2D eigenvalue weighted by Gasteiger charge is -2.03. The fraction of sp³-hybridized carbons (Fsp3) is 0.375. The molecule has 0 aliphatic heterocycles. The van der Waals surface area contributed by atoms with Crippen LogP contribution in [0.25, 0.3) is 0 Å². The van der Waals surface area contributed by atoms with Crippen molar-refractivity contribution >= 4 is 0 Å². The van der Waals surface area contributed by atoms with Gasteiger partial charge in [-0.2, -0.15) is 4.73 Å². The van der Waals surface area contributed by atoms with Crippen LogP contribution in [0, 0.1) is 5.21 Å². The number of pyridine rings is 1. The molecule has 0 fully saturated rings. The largest absolute Gasteiger partial charge is 0.619 e. The Morgan fingerprint density at radius 2 is 2.45 bits per heavy atom. The fourth-order valence-electron chi connectivity index (χ4n) is 0.993. The van der Waals surface area contributed by atoms with E-state index in [1.54, 1.807) is 12.3 Å². The minimum Gasteiger partial charge on any atom is -0.619 e. The summed E-state index contributed by atoms with van der Waals surface area (Å²) in [5.41, 5.74) is 6.55. The van der Waals surface area contributed by atoms with E-state index in [9.17, 15) is 5.21 Å². The Morgan fingerprint density at radius 1 is 1.73 bits per heavy atom. The lowest BCUT2D eigenvalue weighted by atomic mass is 10.1. The van der Waals surface area contributed by atoms with Gasteiger partial charge in [-0.1, -0.05) is 0 Å². The summed E-state index contributed by atoms with van der Waals surface area (Å²) in [6.07, 6.45) is 3.76. The number of rotatable bonds is 2. The third-order valence-corrected chi connectivity index (χ3v) is 1.39. The minimum atomic E-state index is 0.109. The normalized spacial score (nSPS) is 12.9. The molecule has 1 rings (SSSR count). The average molecular weight is 152 g/mol. The molecule has 0 aliphatic carbocycles. The number of nitrogens with two attached hydrogens (primary N) is 1. The third-order valence-electron chi connectivity index (χ3n) is 1.39. The van der Waals surface area contributed by atoms with Gasteiger partial charge in [-0.25, -0.2) is 0 Å². The van der Waals surface area contributed by atoms with Gasteiger partial charge in [-0.15, -0.1) is 0 Å². The van der Waals surface area contributed by atoms with Crippen LogP contribution in [0.1, 0.15) is 12.5 Å². The second-order valence-corrected chi connectivity index (χ2v) is 2.75. The average Bonchev–Trinajstić information content (AvgIpc) is 1.85. The van der Waals surface area contributed by atoms with Crippen LogP contribution in [0.15, 0.2) is 24.5 Å². The lowest BCUT2D eigenvalue weighted by Crippen LogP contribution is -2.26. The Bertz CT molecular complexity index is 235. The van der Waals surface area contributed by atoms with Gasteiger partial charge in [0.2, 0.25) is 0 Å². The first-order chi connectivity index (χ1) is 5.18. The van der Waals surface area contributed by atoms with Gasteiger partial charge in [-0.3, -0.25) is 0 Å². The Balaban J connectivity index is 2.71. The maximum absolute atomic E-state index is 10.7. The summed E-state index contributed by atoms with van der Waals surface area (Å²) < 4.78 is 0.789. The van der Waals surface area contributed by atoms with Crippen LogP contribution >= 0.6 is 0 Å². The second-order valence-electron chi connectivity index (χ2n) is 2.75. The number of hydrogen-bond acceptors (Lipinski definition) is 2. The van der Waals surface area contributed by atoms with Crippen molar-refractivity contribution in [2.45, 2.75) is 19.4 Å². The van der Waals surface area contributed by atoms with Crippen LogP contribution in [0.4, 0.5) is 0 Å². The first kappa shape index (κ1) is 8.01. The zero-order chi connectivity index (χ0) is 8.27. The SMILES string of the molecule is CC(N)Cc1ccc[n+]([O-])c1. The van der Waals surface area contributed by atoms with Gasteiger partial charge in [0.05, 0.1) is 0 Å². The highest BCUT2D eigenvalue weighted by Crippen LogP contribution is 1.97. The Morgan fingerprint density at radius 3 is 3.00 bits per heavy atom. The molecule has 11 heavy (non-hydrogen) atoms. The molecule has 1 aromatic heterocycles. The zero-order valence-corrected chi connectivity index (χ0v) is 6.53. The molecular formula is C8H12N2O. The molecule has 0 spiro atoms.